The third kappa shape index (κ3) is 3.99. The Hall–Kier alpha value is -1.99. The van der Waals surface area contributed by atoms with Crippen molar-refractivity contribution in [3.63, 3.8) is 0 Å². The second-order valence-electron chi connectivity index (χ2n) is 5.26. The summed E-state index contributed by atoms with van der Waals surface area (Å²) in [6.45, 7) is 0. The summed E-state index contributed by atoms with van der Waals surface area (Å²) in [5, 5.41) is 2.49. The van der Waals surface area contributed by atoms with Crippen LogP contribution in [0.15, 0.2) is 72.8 Å². The standard InChI is InChI=1S/C19H13Cl2N2OP/c20-14-6-9-16(10-7-14)25(24)18-11-8-15(21)12-17(18)19(23-22)13-4-2-1-3-5-13/h1-12,24H. The number of rotatable bonds is 4. The van der Waals surface area contributed by atoms with Crippen LogP contribution in [0.1, 0.15) is 11.1 Å². The summed E-state index contributed by atoms with van der Waals surface area (Å²) >= 11 is 12.1. The largest absolute Gasteiger partial charge is 0.364 e. The van der Waals surface area contributed by atoms with Crippen molar-refractivity contribution < 1.29 is 9.68 Å². The Labute approximate surface area is 156 Å². The Bertz CT molecular complexity index is 939. The van der Waals surface area contributed by atoms with Crippen molar-refractivity contribution in [2.45, 2.75) is 0 Å². The van der Waals surface area contributed by atoms with Gasteiger partial charge in [0.2, 0.25) is 0 Å². The fourth-order valence-electron chi connectivity index (χ4n) is 2.47. The molecule has 0 aliphatic carbocycles. The molecule has 3 rings (SSSR count). The zero-order valence-electron chi connectivity index (χ0n) is 13.0. The van der Waals surface area contributed by atoms with Crippen molar-refractivity contribution in [2.75, 3.05) is 0 Å². The van der Waals surface area contributed by atoms with Gasteiger partial charge in [0.1, 0.15) is 0 Å². The molecule has 0 spiro atoms. The van der Waals surface area contributed by atoms with Crippen LogP contribution < -0.4 is 10.6 Å². The van der Waals surface area contributed by atoms with Gasteiger partial charge in [0.25, 0.3) is 0 Å². The first-order valence-corrected chi connectivity index (χ1v) is 9.47. The van der Waals surface area contributed by atoms with Gasteiger partial charge in [0, 0.05) is 20.7 Å². The smallest absolute Gasteiger partial charge is 0.330 e. The van der Waals surface area contributed by atoms with Crippen LogP contribution in [-0.4, -0.2) is 15.4 Å². The second kappa shape index (κ2) is 7.93. The third-order valence-electron chi connectivity index (χ3n) is 3.66. The molecular weight excluding hydrogens is 374 g/mol. The summed E-state index contributed by atoms with van der Waals surface area (Å²) in [5.41, 5.74) is 11.3. The molecule has 0 saturated heterocycles. The molecule has 6 heteroatoms. The highest BCUT2D eigenvalue weighted by molar-refractivity contribution is 7.67. The maximum Gasteiger partial charge on any atom is 0.330 e. The number of hydrogen-bond donors (Lipinski definition) is 1. The van der Waals surface area contributed by atoms with E-state index in [-0.39, 0.29) is 0 Å². The molecule has 3 aromatic carbocycles. The van der Waals surface area contributed by atoms with Gasteiger partial charge >= 0.3 is 5.71 Å². The Morgan fingerprint density at radius 2 is 1.52 bits per heavy atom. The topological polar surface area (TPSA) is 56.6 Å². The number of hydrogen-bond acceptors (Lipinski definition) is 1. The summed E-state index contributed by atoms with van der Waals surface area (Å²) in [6, 6.07) is 21.4. The highest BCUT2D eigenvalue weighted by Crippen LogP contribution is 2.32. The molecule has 1 N–H and O–H groups in total. The Morgan fingerprint density at radius 1 is 0.880 bits per heavy atom. The molecule has 1 unspecified atom stereocenters. The molecule has 0 bridgehead atoms. The van der Waals surface area contributed by atoms with Gasteiger partial charge in [-0.3, -0.25) is 0 Å². The molecule has 25 heavy (non-hydrogen) atoms. The van der Waals surface area contributed by atoms with Gasteiger partial charge in [-0.15, -0.1) is 0 Å². The minimum absolute atomic E-state index is 0.355. The van der Waals surface area contributed by atoms with Crippen LogP contribution in [0, 0.1) is 0 Å². The van der Waals surface area contributed by atoms with Gasteiger partial charge in [-0.2, -0.15) is 4.79 Å². The van der Waals surface area contributed by atoms with Crippen molar-refractivity contribution in [1.29, 1.82) is 0 Å². The van der Waals surface area contributed by atoms with Crippen LogP contribution in [-0.2, 0) is 0 Å². The molecule has 0 aliphatic heterocycles. The van der Waals surface area contributed by atoms with Gasteiger partial charge in [0.15, 0.2) is 0 Å². The molecular formula is C19H13Cl2N2OP. The lowest BCUT2D eigenvalue weighted by Gasteiger charge is -2.14. The van der Waals surface area contributed by atoms with Gasteiger partial charge < -0.3 is 10.4 Å². The molecule has 3 nitrogen and oxygen atoms in total. The quantitative estimate of drug-likeness (QED) is 0.307. The van der Waals surface area contributed by atoms with E-state index in [9.17, 15) is 10.4 Å². The molecule has 3 aromatic rings. The van der Waals surface area contributed by atoms with Crippen LogP contribution in [0.25, 0.3) is 5.53 Å². The van der Waals surface area contributed by atoms with Crippen LogP contribution in [0.5, 0.6) is 0 Å². The van der Waals surface area contributed by atoms with E-state index in [0.717, 1.165) is 10.9 Å². The molecule has 0 radical (unpaired) electrons. The summed E-state index contributed by atoms with van der Waals surface area (Å²) < 4.78 is 0. The molecule has 0 saturated carbocycles. The van der Waals surface area contributed by atoms with Crippen molar-refractivity contribution >= 4 is 47.7 Å². The number of nitrogens with zero attached hydrogens (tertiary/aromatic N) is 2. The monoisotopic (exact) mass is 386 g/mol. The van der Waals surface area contributed by atoms with Crippen LogP contribution in [0.2, 0.25) is 10.0 Å². The van der Waals surface area contributed by atoms with Crippen molar-refractivity contribution in [3.05, 3.63) is 99.5 Å². The normalized spacial score (nSPS) is 11.6. The van der Waals surface area contributed by atoms with Crippen LogP contribution in [0.3, 0.4) is 0 Å². The molecule has 0 fully saturated rings. The number of halogens is 2. The minimum Gasteiger partial charge on any atom is -0.364 e. The lowest BCUT2D eigenvalue weighted by Crippen LogP contribution is -2.20. The second-order valence-corrected chi connectivity index (χ2v) is 7.76. The summed E-state index contributed by atoms with van der Waals surface area (Å²) in [6.07, 6.45) is 0. The zero-order chi connectivity index (χ0) is 17.8. The van der Waals surface area contributed by atoms with Gasteiger partial charge in [-0.05, 0) is 42.5 Å². The zero-order valence-corrected chi connectivity index (χ0v) is 15.4. The fraction of sp³-hybridized carbons (Fsp3) is 0. The maximum atomic E-state index is 10.9. The maximum absolute atomic E-state index is 10.9. The molecule has 0 aromatic heterocycles. The third-order valence-corrected chi connectivity index (χ3v) is 5.78. The Balaban J connectivity index is 2.13. The molecule has 0 heterocycles. The molecule has 124 valence electrons. The van der Waals surface area contributed by atoms with Gasteiger partial charge in [0.05, 0.1) is 19.3 Å². The molecule has 0 amide bonds. The first-order chi connectivity index (χ1) is 12.1. The van der Waals surface area contributed by atoms with Crippen molar-refractivity contribution in [3.8, 4) is 0 Å². The van der Waals surface area contributed by atoms with Crippen LogP contribution in [0.4, 0.5) is 0 Å². The molecule has 0 aliphatic rings. The first-order valence-electron chi connectivity index (χ1n) is 7.42. The highest BCUT2D eigenvalue weighted by atomic mass is 35.5. The molecule has 1 atom stereocenters. The van der Waals surface area contributed by atoms with Crippen LogP contribution >= 0.6 is 31.4 Å². The van der Waals surface area contributed by atoms with E-state index in [1.54, 1.807) is 42.5 Å². The van der Waals surface area contributed by atoms with E-state index >= 15 is 0 Å². The van der Waals surface area contributed by atoms with Crippen molar-refractivity contribution in [2.24, 2.45) is 0 Å². The summed E-state index contributed by atoms with van der Waals surface area (Å²) in [7, 11) is -1.65. The fourth-order valence-corrected chi connectivity index (χ4v) is 4.09. The lowest BCUT2D eigenvalue weighted by molar-refractivity contribution is -0.00271. The minimum atomic E-state index is -1.65. The SMILES string of the molecule is [N-]=[N+]=C(c1ccccc1)c1cc(Cl)ccc1P(O)c1ccc(Cl)cc1. The average Bonchev–Trinajstić information content (AvgIpc) is 2.63. The average molecular weight is 387 g/mol. The lowest BCUT2D eigenvalue weighted by atomic mass is 10.0. The van der Waals surface area contributed by atoms with E-state index < -0.39 is 8.15 Å². The van der Waals surface area contributed by atoms with E-state index in [4.69, 9.17) is 23.2 Å². The first kappa shape index (κ1) is 17.8. The summed E-state index contributed by atoms with van der Waals surface area (Å²) in [5.74, 6) is 0. The highest BCUT2D eigenvalue weighted by Gasteiger charge is 2.24. The predicted molar refractivity (Wildman–Crippen MR) is 105 cm³/mol. The predicted octanol–water partition coefficient (Wildman–Crippen LogP) is 4.40. The summed E-state index contributed by atoms with van der Waals surface area (Å²) in [4.78, 5) is 14.3. The Kier molecular flexibility index (Phi) is 5.65. The number of benzene rings is 3. The van der Waals surface area contributed by atoms with Crippen molar-refractivity contribution in [1.82, 2.24) is 0 Å². The van der Waals surface area contributed by atoms with E-state index in [2.05, 4.69) is 4.79 Å². The van der Waals surface area contributed by atoms with Gasteiger partial charge in [-0.25, -0.2) is 0 Å². The van der Waals surface area contributed by atoms with E-state index in [1.165, 1.54) is 0 Å². The Morgan fingerprint density at radius 3 is 2.16 bits per heavy atom. The van der Waals surface area contributed by atoms with E-state index in [1.807, 2.05) is 30.3 Å². The van der Waals surface area contributed by atoms with Gasteiger partial charge in [-0.1, -0.05) is 53.5 Å². The van der Waals surface area contributed by atoms with E-state index in [0.29, 0.717) is 26.6 Å².